The van der Waals surface area contributed by atoms with E-state index in [4.69, 9.17) is 9.47 Å². The topological polar surface area (TPSA) is 48.4 Å². The Kier molecular flexibility index (Phi) is 4.09. The van der Waals surface area contributed by atoms with Gasteiger partial charge in [0.2, 0.25) is 0 Å². The van der Waals surface area contributed by atoms with E-state index in [1.807, 2.05) is 13.8 Å². The van der Waals surface area contributed by atoms with Crippen molar-refractivity contribution in [2.75, 3.05) is 13.2 Å². The van der Waals surface area contributed by atoms with Gasteiger partial charge < -0.3 is 9.47 Å². The largest absolute Gasteiger partial charge is 0.491 e. The molecule has 4 heteroatoms. The van der Waals surface area contributed by atoms with Crippen molar-refractivity contribution in [1.82, 2.24) is 4.98 Å². The zero-order chi connectivity index (χ0) is 11.3. The van der Waals surface area contributed by atoms with Crippen LogP contribution in [0.2, 0.25) is 0 Å². The molecule has 0 saturated carbocycles. The maximum atomic E-state index is 11.6. The lowest BCUT2D eigenvalue weighted by Crippen LogP contribution is -2.08. The van der Waals surface area contributed by atoms with E-state index in [0.717, 1.165) is 5.69 Å². The van der Waals surface area contributed by atoms with E-state index in [2.05, 4.69) is 4.98 Å². The number of hydrogen-bond acceptors (Lipinski definition) is 4. The van der Waals surface area contributed by atoms with Gasteiger partial charge in [-0.3, -0.25) is 4.98 Å². The zero-order valence-electron chi connectivity index (χ0n) is 9.24. The van der Waals surface area contributed by atoms with Crippen LogP contribution in [-0.2, 0) is 4.74 Å². The van der Waals surface area contributed by atoms with Crippen LogP contribution in [0.4, 0.5) is 0 Å². The van der Waals surface area contributed by atoms with Gasteiger partial charge in [-0.25, -0.2) is 4.79 Å². The van der Waals surface area contributed by atoms with Crippen molar-refractivity contribution in [2.45, 2.75) is 20.8 Å². The van der Waals surface area contributed by atoms with E-state index in [0.29, 0.717) is 24.5 Å². The standard InChI is InChI=1S/C11H15NO3/c1-4-14-10-7-12-8(3)6-9(10)11(13)15-5-2/h6-7H,4-5H2,1-3H3. The van der Waals surface area contributed by atoms with Gasteiger partial charge in [-0.1, -0.05) is 0 Å². The number of aromatic nitrogens is 1. The molecule has 0 unspecified atom stereocenters. The normalized spacial score (nSPS) is 9.80. The van der Waals surface area contributed by atoms with Crippen molar-refractivity contribution in [2.24, 2.45) is 0 Å². The van der Waals surface area contributed by atoms with Crippen LogP contribution in [0.15, 0.2) is 12.3 Å². The first-order valence-electron chi connectivity index (χ1n) is 4.95. The van der Waals surface area contributed by atoms with Crippen molar-refractivity contribution >= 4 is 5.97 Å². The highest BCUT2D eigenvalue weighted by Crippen LogP contribution is 2.19. The summed E-state index contributed by atoms with van der Waals surface area (Å²) in [5.41, 5.74) is 1.20. The molecule has 0 radical (unpaired) electrons. The van der Waals surface area contributed by atoms with E-state index in [1.165, 1.54) is 0 Å². The first kappa shape index (κ1) is 11.5. The van der Waals surface area contributed by atoms with Gasteiger partial charge in [0.15, 0.2) is 5.75 Å². The molecule has 0 aliphatic rings. The molecule has 15 heavy (non-hydrogen) atoms. The molecule has 1 rings (SSSR count). The summed E-state index contributed by atoms with van der Waals surface area (Å²) in [6.07, 6.45) is 1.55. The molecule has 4 nitrogen and oxygen atoms in total. The highest BCUT2D eigenvalue weighted by Gasteiger charge is 2.14. The molecule has 82 valence electrons. The van der Waals surface area contributed by atoms with Gasteiger partial charge in [0.1, 0.15) is 5.56 Å². The quantitative estimate of drug-likeness (QED) is 0.711. The lowest BCUT2D eigenvalue weighted by atomic mass is 10.2. The summed E-state index contributed by atoms with van der Waals surface area (Å²) in [6.45, 7) is 6.29. The Labute approximate surface area is 89.2 Å². The highest BCUT2D eigenvalue weighted by molar-refractivity contribution is 5.92. The minimum Gasteiger partial charge on any atom is -0.491 e. The number of aryl methyl sites for hydroxylation is 1. The van der Waals surface area contributed by atoms with Crippen LogP contribution in [0.1, 0.15) is 29.9 Å². The Morgan fingerprint density at radius 3 is 2.73 bits per heavy atom. The Balaban J connectivity index is 3.00. The lowest BCUT2D eigenvalue weighted by Gasteiger charge is -2.09. The van der Waals surface area contributed by atoms with Crippen LogP contribution in [0.3, 0.4) is 0 Å². The fourth-order valence-electron chi connectivity index (χ4n) is 1.19. The SMILES string of the molecule is CCOC(=O)c1cc(C)ncc1OCC. The minimum absolute atomic E-state index is 0.353. The van der Waals surface area contributed by atoms with Crippen molar-refractivity contribution in [3.8, 4) is 5.75 Å². The van der Waals surface area contributed by atoms with Gasteiger partial charge in [0.05, 0.1) is 19.4 Å². The van der Waals surface area contributed by atoms with Gasteiger partial charge in [-0.05, 0) is 26.8 Å². The highest BCUT2D eigenvalue weighted by atomic mass is 16.5. The molecule has 0 aliphatic carbocycles. The van der Waals surface area contributed by atoms with Gasteiger partial charge >= 0.3 is 5.97 Å². The molecule has 0 aliphatic heterocycles. The number of carbonyl (C=O) groups excluding carboxylic acids is 1. The Morgan fingerprint density at radius 2 is 2.13 bits per heavy atom. The summed E-state index contributed by atoms with van der Waals surface area (Å²) in [7, 11) is 0. The molecule has 0 atom stereocenters. The van der Waals surface area contributed by atoms with Crippen molar-refractivity contribution in [3.63, 3.8) is 0 Å². The molecule has 0 aromatic carbocycles. The lowest BCUT2D eigenvalue weighted by molar-refractivity contribution is 0.0521. The molecular formula is C11H15NO3. The number of carbonyl (C=O) groups is 1. The molecule has 0 amide bonds. The summed E-state index contributed by atoms with van der Waals surface area (Å²) in [4.78, 5) is 15.6. The van der Waals surface area contributed by atoms with E-state index >= 15 is 0 Å². The first-order chi connectivity index (χ1) is 7.19. The van der Waals surface area contributed by atoms with Crippen LogP contribution in [0, 0.1) is 6.92 Å². The predicted molar refractivity (Wildman–Crippen MR) is 56.1 cm³/mol. The fraction of sp³-hybridized carbons (Fsp3) is 0.455. The molecule has 0 spiro atoms. The Bertz CT molecular complexity index is 350. The molecule has 1 aromatic rings. The van der Waals surface area contributed by atoms with Crippen LogP contribution < -0.4 is 4.74 Å². The van der Waals surface area contributed by atoms with Gasteiger partial charge in [-0.15, -0.1) is 0 Å². The molecule has 1 aromatic heterocycles. The van der Waals surface area contributed by atoms with E-state index in [1.54, 1.807) is 19.2 Å². The summed E-state index contributed by atoms with van der Waals surface area (Å²) in [6, 6.07) is 1.67. The monoisotopic (exact) mass is 209 g/mol. The number of rotatable bonds is 4. The van der Waals surface area contributed by atoms with E-state index in [-0.39, 0.29) is 5.97 Å². The number of ether oxygens (including phenoxy) is 2. The summed E-state index contributed by atoms with van der Waals surface area (Å²) in [5.74, 6) is 0.105. The third-order valence-electron chi connectivity index (χ3n) is 1.80. The summed E-state index contributed by atoms with van der Waals surface area (Å²) >= 11 is 0. The summed E-state index contributed by atoms with van der Waals surface area (Å²) < 4.78 is 10.2. The van der Waals surface area contributed by atoms with E-state index in [9.17, 15) is 4.79 Å². The first-order valence-corrected chi connectivity index (χ1v) is 4.95. The average Bonchev–Trinajstić information content (AvgIpc) is 2.21. The molecule has 0 saturated heterocycles. The number of nitrogens with zero attached hydrogens (tertiary/aromatic N) is 1. The van der Waals surface area contributed by atoms with Gasteiger partial charge in [-0.2, -0.15) is 0 Å². The average molecular weight is 209 g/mol. The Hall–Kier alpha value is -1.58. The molecule has 0 bridgehead atoms. The smallest absolute Gasteiger partial charge is 0.342 e. The van der Waals surface area contributed by atoms with Crippen LogP contribution in [0.25, 0.3) is 0 Å². The predicted octanol–water partition coefficient (Wildman–Crippen LogP) is 1.97. The number of esters is 1. The minimum atomic E-state index is -0.369. The van der Waals surface area contributed by atoms with Gasteiger partial charge in [0, 0.05) is 5.69 Å². The third kappa shape index (κ3) is 2.94. The van der Waals surface area contributed by atoms with Gasteiger partial charge in [0.25, 0.3) is 0 Å². The zero-order valence-corrected chi connectivity index (χ0v) is 9.24. The van der Waals surface area contributed by atoms with Crippen molar-refractivity contribution in [3.05, 3.63) is 23.5 Å². The van der Waals surface area contributed by atoms with Crippen LogP contribution in [-0.4, -0.2) is 24.2 Å². The maximum Gasteiger partial charge on any atom is 0.342 e. The Morgan fingerprint density at radius 1 is 1.40 bits per heavy atom. The second-order valence-electron chi connectivity index (χ2n) is 2.98. The molecule has 0 fully saturated rings. The second-order valence-corrected chi connectivity index (χ2v) is 2.98. The van der Waals surface area contributed by atoms with Crippen LogP contribution >= 0.6 is 0 Å². The maximum absolute atomic E-state index is 11.6. The molecule has 0 N–H and O–H groups in total. The fourth-order valence-corrected chi connectivity index (χ4v) is 1.19. The number of pyridine rings is 1. The second kappa shape index (κ2) is 5.34. The van der Waals surface area contributed by atoms with Crippen molar-refractivity contribution in [1.29, 1.82) is 0 Å². The van der Waals surface area contributed by atoms with E-state index < -0.39 is 0 Å². The summed E-state index contributed by atoms with van der Waals surface area (Å²) in [5, 5.41) is 0. The van der Waals surface area contributed by atoms with Crippen LogP contribution in [0.5, 0.6) is 5.75 Å². The molecule has 1 heterocycles. The molecular weight excluding hydrogens is 194 g/mol. The number of hydrogen-bond donors (Lipinski definition) is 0. The third-order valence-corrected chi connectivity index (χ3v) is 1.80. The van der Waals surface area contributed by atoms with Crippen molar-refractivity contribution < 1.29 is 14.3 Å².